The maximum atomic E-state index is 11.7. The second-order valence-corrected chi connectivity index (χ2v) is 4.66. The molecule has 0 saturated carbocycles. The molecule has 5 nitrogen and oxygen atoms in total. The minimum atomic E-state index is -2.56. The van der Waals surface area contributed by atoms with E-state index in [-0.39, 0.29) is 11.3 Å². The molecule has 20 heavy (non-hydrogen) atoms. The highest BCUT2D eigenvalue weighted by atomic mass is 32.2. The van der Waals surface area contributed by atoms with Gasteiger partial charge in [-0.15, -0.1) is 0 Å². The van der Waals surface area contributed by atoms with Crippen LogP contribution < -0.4 is 4.31 Å². The van der Waals surface area contributed by atoms with Gasteiger partial charge in [0.2, 0.25) is 0 Å². The summed E-state index contributed by atoms with van der Waals surface area (Å²) in [5, 5.41) is 0. The smallest absolute Gasteiger partial charge is 0.340 e. The van der Waals surface area contributed by atoms with Crippen LogP contribution in [0.2, 0.25) is 0 Å². The monoisotopic (exact) mass is 290 g/mol. The van der Waals surface area contributed by atoms with Crippen LogP contribution in [-0.2, 0) is 16.0 Å². The van der Waals surface area contributed by atoms with Crippen LogP contribution >= 0.6 is 0 Å². The Morgan fingerprint density at radius 1 is 1.10 bits per heavy atom. The number of nitrogens with zero attached hydrogens (tertiary/aromatic N) is 1. The van der Waals surface area contributed by atoms with Crippen molar-refractivity contribution < 1.29 is 18.3 Å². The average Bonchev–Trinajstić information content (AvgIpc) is 2.48. The van der Waals surface area contributed by atoms with Gasteiger partial charge in [0.15, 0.2) is 0 Å². The van der Waals surface area contributed by atoms with Crippen molar-refractivity contribution in [2.24, 2.45) is 0 Å². The minimum absolute atomic E-state index is 0.183. The first kappa shape index (κ1) is 14.2. The molecule has 1 atom stereocenters. The predicted octanol–water partition coefficient (Wildman–Crippen LogP) is 2.41. The fraction of sp³-hybridized carbons (Fsp3) is 0.0714. The summed E-state index contributed by atoms with van der Waals surface area (Å²) in [6.07, 6.45) is 0. The number of rotatable bonds is 4. The number of benzene rings is 2. The van der Waals surface area contributed by atoms with Crippen LogP contribution in [0.1, 0.15) is 10.4 Å². The number of hydrogen-bond acceptors (Lipinski definition) is 4. The molecule has 6 heteroatoms. The van der Waals surface area contributed by atoms with Gasteiger partial charge < -0.3 is 9.29 Å². The predicted molar refractivity (Wildman–Crippen MR) is 75.3 cm³/mol. The molecule has 0 spiro atoms. The van der Waals surface area contributed by atoms with E-state index in [2.05, 4.69) is 4.74 Å². The van der Waals surface area contributed by atoms with Crippen molar-refractivity contribution in [1.82, 2.24) is 0 Å². The van der Waals surface area contributed by atoms with Crippen LogP contribution in [-0.4, -0.2) is 21.8 Å². The number of esters is 1. The van der Waals surface area contributed by atoms with Crippen molar-refractivity contribution in [2.75, 3.05) is 11.4 Å². The van der Waals surface area contributed by atoms with Gasteiger partial charge in [0.1, 0.15) is 0 Å². The van der Waals surface area contributed by atoms with Crippen LogP contribution in [0.4, 0.5) is 11.4 Å². The summed E-state index contributed by atoms with van der Waals surface area (Å²) in [4.78, 5) is 11.7. The average molecular weight is 290 g/mol. The second-order valence-electron chi connectivity index (χ2n) is 3.86. The first-order valence-corrected chi connectivity index (χ1v) is 6.80. The Hall–Kier alpha value is -2.18. The number of ether oxygens (including phenoxy) is 1. The summed E-state index contributed by atoms with van der Waals surface area (Å²) in [5.74, 6) is -0.591. The topological polar surface area (TPSA) is 69.7 Å². The van der Waals surface area contributed by atoms with E-state index in [4.69, 9.17) is 0 Å². The fourth-order valence-corrected chi connectivity index (χ4v) is 2.42. The third kappa shape index (κ3) is 2.87. The Balaban J connectivity index is 2.57. The van der Waals surface area contributed by atoms with E-state index >= 15 is 0 Å². The molecule has 2 aromatic carbocycles. The molecule has 0 fully saturated rings. The molecule has 0 aliphatic heterocycles. The normalized spacial score (nSPS) is 11.7. The fourth-order valence-electron chi connectivity index (χ4n) is 1.80. The van der Waals surface area contributed by atoms with Crippen molar-refractivity contribution in [3.8, 4) is 0 Å². The van der Waals surface area contributed by atoms with Gasteiger partial charge in [0, 0.05) is 0 Å². The molecule has 0 aromatic heterocycles. The van der Waals surface area contributed by atoms with E-state index in [1.54, 1.807) is 48.5 Å². The third-order valence-corrected chi connectivity index (χ3v) is 3.37. The van der Waals surface area contributed by atoms with Gasteiger partial charge in [-0.1, -0.05) is 30.3 Å². The van der Waals surface area contributed by atoms with E-state index in [0.29, 0.717) is 5.69 Å². The molecule has 1 unspecified atom stereocenters. The largest absolute Gasteiger partial charge is 0.755 e. The molecule has 0 radical (unpaired) electrons. The van der Waals surface area contributed by atoms with Crippen LogP contribution in [0.5, 0.6) is 0 Å². The number of carbonyl (C=O) groups excluding carboxylic acids is 1. The van der Waals surface area contributed by atoms with Crippen LogP contribution in [0.15, 0.2) is 54.6 Å². The van der Waals surface area contributed by atoms with Gasteiger partial charge >= 0.3 is 5.97 Å². The van der Waals surface area contributed by atoms with Gasteiger partial charge in [-0.2, -0.15) is 0 Å². The van der Waals surface area contributed by atoms with Gasteiger partial charge in [-0.05, 0) is 24.3 Å². The lowest BCUT2D eigenvalue weighted by Gasteiger charge is -2.27. The molecule has 0 saturated heterocycles. The third-order valence-electron chi connectivity index (χ3n) is 2.67. The Bertz CT molecular complexity index is 630. The maximum absolute atomic E-state index is 11.7. The summed E-state index contributed by atoms with van der Waals surface area (Å²) in [6, 6.07) is 14.9. The molecule has 2 aromatic rings. The van der Waals surface area contributed by atoms with Crippen LogP contribution in [0.3, 0.4) is 0 Å². The number of carbonyl (C=O) groups is 1. The Labute approximate surface area is 119 Å². The lowest BCUT2D eigenvalue weighted by Crippen LogP contribution is -2.22. The minimum Gasteiger partial charge on any atom is -0.755 e. The van der Waals surface area contributed by atoms with Crippen molar-refractivity contribution in [3.63, 3.8) is 0 Å². The first-order valence-electron chi connectivity index (χ1n) is 5.77. The van der Waals surface area contributed by atoms with Gasteiger partial charge in [0.05, 0.1) is 35.3 Å². The zero-order valence-electron chi connectivity index (χ0n) is 10.7. The highest BCUT2D eigenvalue weighted by molar-refractivity contribution is 7.81. The molecule has 2 rings (SSSR count). The van der Waals surface area contributed by atoms with Gasteiger partial charge in [-0.3, -0.25) is 8.51 Å². The standard InChI is InChI=1S/C14H13NO4S/c1-19-14(16)12-9-5-6-10-13(12)15(20(17)18)11-7-3-2-4-8-11/h2-10H,1H3,(H,17,18)/p-1. The number of anilines is 2. The molecular formula is C14H12NO4S-. The van der Waals surface area contributed by atoms with E-state index in [1.165, 1.54) is 13.2 Å². The lowest BCUT2D eigenvalue weighted by molar-refractivity contribution is 0.0602. The van der Waals surface area contributed by atoms with Gasteiger partial charge in [-0.25, -0.2) is 4.79 Å². The van der Waals surface area contributed by atoms with E-state index in [9.17, 15) is 13.6 Å². The number of para-hydroxylation sites is 2. The molecule has 104 valence electrons. The molecule has 0 N–H and O–H groups in total. The number of methoxy groups -OCH3 is 1. The molecule has 0 bridgehead atoms. The van der Waals surface area contributed by atoms with Crippen molar-refractivity contribution in [2.45, 2.75) is 0 Å². The lowest BCUT2D eigenvalue weighted by atomic mass is 10.1. The first-order chi connectivity index (χ1) is 9.65. The highest BCUT2D eigenvalue weighted by Gasteiger charge is 2.18. The quantitative estimate of drug-likeness (QED) is 0.640. The van der Waals surface area contributed by atoms with Crippen LogP contribution in [0.25, 0.3) is 0 Å². The molecular weight excluding hydrogens is 278 g/mol. The summed E-state index contributed by atoms with van der Waals surface area (Å²) < 4.78 is 28.8. The van der Waals surface area contributed by atoms with Crippen molar-refractivity contribution in [3.05, 3.63) is 60.2 Å². The van der Waals surface area contributed by atoms with E-state index < -0.39 is 17.2 Å². The van der Waals surface area contributed by atoms with E-state index in [0.717, 1.165) is 4.31 Å². The molecule has 0 aliphatic carbocycles. The summed E-state index contributed by atoms with van der Waals surface area (Å²) in [6.45, 7) is 0. The van der Waals surface area contributed by atoms with Gasteiger partial charge in [0.25, 0.3) is 0 Å². The Morgan fingerprint density at radius 3 is 2.30 bits per heavy atom. The summed E-state index contributed by atoms with van der Waals surface area (Å²) >= 11 is -2.56. The summed E-state index contributed by atoms with van der Waals surface area (Å²) in [5.41, 5.74) is 0.874. The Kier molecular flexibility index (Phi) is 4.49. The zero-order chi connectivity index (χ0) is 14.5. The Morgan fingerprint density at radius 2 is 1.70 bits per heavy atom. The summed E-state index contributed by atoms with van der Waals surface area (Å²) in [7, 11) is 1.25. The second kappa shape index (κ2) is 6.31. The van der Waals surface area contributed by atoms with Crippen molar-refractivity contribution >= 4 is 28.6 Å². The maximum Gasteiger partial charge on any atom is 0.340 e. The van der Waals surface area contributed by atoms with E-state index in [1.807, 2.05) is 0 Å². The van der Waals surface area contributed by atoms with Crippen molar-refractivity contribution in [1.29, 1.82) is 0 Å². The van der Waals surface area contributed by atoms with Crippen LogP contribution in [0, 0.1) is 0 Å². The zero-order valence-corrected chi connectivity index (χ0v) is 11.5. The molecule has 0 heterocycles. The molecule has 0 amide bonds. The number of hydrogen-bond donors (Lipinski definition) is 0. The molecule has 0 aliphatic rings. The highest BCUT2D eigenvalue weighted by Crippen LogP contribution is 2.29. The SMILES string of the molecule is COC(=O)c1ccccc1N(c1ccccc1)S(=O)[O-].